The second-order valence-corrected chi connectivity index (χ2v) is 5.12. The molecule has 0 heterocycles. The Labute approximate surface area is 88.9 Å². The summed E-state index contributed by atoms with van der Waals surface area (Å²) in [6.07, 6.45) is 1.10. The maximum Gasteiger partial charge on any atom is 0.235 e. The number of hydrogen-bond acceptors (Lipinski definition) is 3. The van der Waals surface area contributed by atoms with Crippen molar-refractivity contribution in [2.24, 2.45) is 5.73 Å². The predicted molar refractivity (Wildman–Crippen MR) is 56.5 cm³/mol. The molecule has 0 saturated carbocycles. The fourth-order valence-electron chi connectivity index (χ4n) is 0.782. The van der Waals surface area contributed by atoms with Crippen LogP contribution in [0.2, 0.25) is 0 Å². The lowest BCUT2D eigenvalue weighted by molar-refractivity contribution is 0.233. The molecule has 0 aliphatic heterocycles. The first-order valence-electron chi connectivity index (χ1n) is 3.97. The largest absolute Gasteiger partial charge is 0.376 e. The van der Waals surface area contributed by atoms with Gasteiger partial charge in [0.1, 0.15) is 5.83 Å². The van der Waals surface area contributed by atoms with Crippen LogP contribution in [0.4, 0.5) is 4.39 Å². The molecule has 2 unspecified atom stereocenters. The van der Waals surface area contributed by atoms with Gasteiger partial charge in [0.25, 0.3) is 0 Å². The van der Waals surface area contributed by atoms with Crippen LogP contribution in [0.25, 0.3) is 0 Å². The van der Waals surface area contributed by atoms with Crippen molar-refractivity contribution in [2.45, 2.75) is 19.2 Å². The Morgan fingerprint density at radius 3 is 2.57 bits per heavy atom. The zero-order chi connectivity index (χ0) is 10.5. The molecule has 0 aromatic rings. The maximum atomic E-state index is 12.7. The Balaban J connectivity index is 0. The standard InChI is InChI=1S/C7H15FNO3P.ClH/c1-2-6(8)7(10)13(11,12)5-3-4-9;/h2,7,10H,3-5,9H2,1H3,(H,11,12);1H/b6-2-;. The minimum atomic E-state index is -3.84. The second kappa shape index (κ2) is 7.37. The van der Waals surface area contributed by atoms with Crippen LogP contribution in [0.15, 0.2) is 11.9 Å². The fraction of sp³-hybridized carbons (Fsp3) is 0.714. The zero-order valence-electron chi connectivity index (χ0n) is 7.89. The molecule has 0 saturated heterocycles. The van der Waals surface area contributed by atoms with Crippen LogP contribution in [0.1, 0.15) is 13.3 Å². The maximum absolute atomic E-state index is 12.7. The van der Waals surface area contributed by atoms with E-state index >= 15 is 0 Å². The third-order valence-corrected chi connectivity index (χ3v) is 3.56. The van der Waals surface area contributed by atoms with Gasteiger partial charge < -0.3 is 15.7 Å². The molecule has 86 valence electrons. The SMILES string of the molecule is C/C=C(\F)C(O)P(=O)(O)CCCN.Cl. The van der Waals surface area contributed by atoms with Gasteiger partial charge in [-0.3, -0.25) is 4.57 Å². The van der Waals surface area contributed by atoms with Gasteiger partial charge in [-0.05, 0) is 19.9 Å². The van der Waals surface area contributed by atoms with E-state index in [-0.39, 0.29) is 25.1 Å². The lowest BCUT2D eigenvalue weighted by Crippen LogP contribution is -2.12. The number of hydrogen-bond donors (Lipinski definition) is 3. The number of nitrogens with two attached hydrogens (primary N) is 1. The van der Waals surface area contributed by atoms with Crippen LogP contribution < -0.4 is 5.73 Å². The van der Waals surface area contributed by atoms with Gasteiger partial charge in [0.15, 0.2) is 5.85 Å². The van der Waals surface area contributed by atoms with Gasteiger partial charge in [-0.15, -0.1) is 12.4 Å². The third kappa shape index (κ3) is 5.08. The molecule has 14 heavy (non-hydrogen) atoms. The fourth-order valence-corrected chi connectivity index (χ4v) is 2.20. The molecule has 0 fully saturated rings. The molecule has 4 nitrogen and oxygen atoms in total. The highest BCUT2D eigenvalue weighted by Crippen LogP contribution is 2.48. The minimum absolute atomic E-state index is 0. The molecule has 0 aromatic heterocycles. The van der Waals surface area contributed by atoms with E-state index in [0.717, 1.165) is 6.08 Å². The van der Waals surface area contributed by atoms with E-state index in [0.29, 0.717) is 6.42 Å². The molecule has 0 rings (SSSR count). The summed E-state index contributed by atoms with van der Waals surface area (Å²) in [5.41, 5.74) is 5.12. The quantitative estimate of drug-likeness (QED) is 0.638. The summed E-state index contributed by atoms with van der Waals surface area (Å²) in [4.78, 5) is 9.18. The summed E-state index contributed by atoms with van der Waals surface area (Å²) >= 11 is 0. The molecule has 0 bridgehead atoms. The van der Waals surface area contributed by atoms with Crippen LogP contribution in [-0.4, -0.2) is 28.6 Å². The van der Waals surface area contributed by atoms with Crippen molar-refractivity contribution in [2.75, 3.05) is 12.7 Å². The van der Waals surface area contributed by atoms with Crippen molar-refractivity contribution in [1.29, 1.82) is 0 Å². The number of rotatable bonds is 5. The van der Waals surface area contributed by atoms with Crippen LogP contribution in [0.3, 0.4) is 0 Å². The highest BCUT2D eigenvalue weighted by atomic mass is 35.5. The number of aliphatic hydroxyl groups excluding tert-OH is 1. The van der Waals surface area contributed by atoms with Gasteiger partial charge in [-0.25, -0.2) is 4.39 Å². The van der Waals surface area contributed by atoms with Gasteiger partial charge in [-0.2, -0.15) is 0 Å². The zero-order valence-corrected chi connectivity index (χ0v) is 9.60. The van der Waals surface area contributed by atoms with E-state index in [1.54, 1.807) is 0 Å². The number of aliphatic hydroxyl groups is 1. The Morgan fingerprint density at radius 1 is 1.71 bits per heavy atom. The van der Waals surface area contributed by atoms with Crippen molar-refractivity contribution < 1.29 is 19.0 Å². The van der Waals surface area contributed by atoms with Crippen LogP contribution in [-0.2, 0) is 4.57 Å². The summed E-state index contributed by atoms with van der Waals surface area (Å²) in [5, 5.41) is 9.07. The Morgan fingerprint density at radius 2 is 2.21 bits per heavy atom. The Kier molecular flexibility index (Phi) is 8.69. The first kappa shape index (κ1) is 16.5. The summed E-state index contributed by atoms with van der Waals surface area (Å²) < 4.78 is 23.9. The molecule has 0 spiro atoms. The highest BCUT2D eigenvalue weighted by Gasteiger charge is 2.31. The van der Waals surface area contributed by atoms with E-state index in [1.807, 2.05) is 0 Å². The summed E-state index contributed by atoms with van der Waals surface area (Å²) in [7, 11) is -3.84. The Bertz CT molecular complexity index is 237. The molecule has 4 N–H and O–H groups in total. The summed E-state index contributed by atoms with van der Waals surface area (Å²) in [5.74, 6) is -2.87. The lowest BCUT2D eigenvalue weighted by atomic mass is 10.5. The lowest BCUT2D eigenvalue weighted by Gasteiger charge is -2.15. The van der Waals surface area contributed by atoms with E-state index in [4.69, 9.17) is 10.8 Å². The topological polar surface area (TPSA) is 83.5 Å². The Hall–Kier alpha value is 0.0700. The highest BCUT2D eigenvalue weighted by molar-refractivity contribution is 7.58. The van der Waals surface area contributed by atoms with E-state index in [9.17, 15) is 13.8 Å². The van der Waals surface area contributed by atoms with Gasteiger partial charge >= 0.3 is 0 Å². The summed E-state index contributed by atoms with van der Waals surface area (Å²) in [6.45, 7) is 1.59. The van der Waals surface area contributed by atoms with E-state index in [2.05, 4.69) is 0 Å². The van der Waals surface area contributed by atoms with Gasteiger partial charge in [0, 0.05) is 6.16 Å². The van der Waals surface area contributed by atoms with Gasteiger partial charge in [0.05, 0.1) is 0 Å². The van der Waals surface area contributed by atoms with Crippen molar-refractivity contribution in [3.8, 4) is 0 Å². The molecular formula is C7H16ClFNO3P. The number of halogens is 2. The van der Waals surface area contributed by atoms with Crippen LogP contribution in [0.5, 0.6) is 0 Å². The molecule has 2 atom stereocenters. The minimum Gasteiger partial charge on any atom is -0.376 e. The molecule has 7 heteroatoms. The molecule has 0 radical (unpaired) electrons. The van der Waals surface area contributed by atoms with Crippen LogP contribution >= 0.6 is 19.8 Å². The molecule has 0 aromatic carbocycles. The molecule has 0 amide bonds. The van der Waals surface area contributed by atoms with Crippen LogP contribution in [0, 0.1) is 0 Å². The van der Waals surface area contributed by atoms with E-state index in [1.165, 1.54) is 6.92 Å². The van der Waals surface area contributed by atoms with E-state index < -0.39 is 19.0 Å². The smallest absolute Gasteiger partial charge is 0.235 e. The van der Waals surface area contributed by atoms with Crippen molar-refractivity contribution in [1.82, 2.24) is 0 Å². The number of allylic oxidation sites excluding steroid dienone is 1. The van der Waals surface area contributed by atoms with Gasteiger partial charge in [0.2, 0.25) is 7.37 Å². The molecular weight excluding hydrogens is 232 g/mol. The average molecular weight is 248 g/mol. The first-order chi connectivity index (χ1) is 5.95. The van der Waals surface area contributed by atoms with Crippen molar-refractivity contribution in [3.63, 3.8) is 0 Å². The van der Waals surface area contributed by atoms with Gasteiger partial charge in [-0.1, -0.05) is 6.08 Å². The average Bonchev–Trinajstić information content (AvgIpc) is 2.12. The monoisotopic (exact) mass is 247 g/mol. The second-order valence-electron chi connectivity index (χ2n) is 2.67. The van der Waals surface area contributed by atoms with Crippen molar-refractivity contribution in [3.05, 3.63) is 11.9 Å². The summed E-state index contributed by atoms with van der Waals surface area (Å²) in [6, 6.07) is 0. The predicted octanol–water partition coefficient (Wildman–Crippen LogP) is 1.22. The third-order valence-electron chi connectivity index (χ3n) is 1.59. The molecule has 0 aliphatic rings. The molecule has 0 aliphatic carbocycles. The van der Waals surface area contributed by atoms with Crippen molar-refractivity contribution >= 4 is 19.8 Å². The normalized spacial score (nSPS) is 18.2. The first-order valence-corrected chi connectivity index (χ1v) is 5.88.